The molecule has 2 nitrogen and oxygen atoms in total. The minimum absolute atomic E-state index is 0.713. The number of nitrogens with zero attached hydrogens (tertiary/aromatic N) is 2. The van der Waals surface area contributed by atoms with Crippen molar-refractivity contribution in [2.45, 2.75) is 0 Å². The first-order chi connectivity index (χ1) is 22.8. The van der Waals surface area contributed by atoms with E-state index < -0.39 is 0 Å². The summed E-state index contributed by atoms with van der Waals surface area (Å²) in [7, 11) is 0. The predicted octanol–water partition coefficient (Wildman–Crippen LogP) is 11.8. The summed E-state index contributed by atoms with van der Waals surface area (Å²) < 4.78 is 0. The lowest BCUT2D eigenvalue weighted by atomic mass is 9.90. The molecule has 0 aliphatic heterocycles. The fraction of sp³-hybridized carbons (Fsp3) is 0. The number of hydrogen-bond acceptors (Lipinski definition) is 2. The van der Waals surface area contributed by atoms with Crippen molar-refractivity contribution < 1.29 is 0 Å². The maximum atomic E-state index is 5.32. The summed E-state index contributed by atoms with van der Waals surface area (Å²) >= 11 is 0. The van der Waals surface area contributed by atoms with Crippen LogP contribution < -0.4 is 0 Å². The summed E-state index contributed by atoms with van der Waals surface area (Å²) in [4.78, 5) is 10.5. The first-order valence-electron chi connectivity index (χ1n) is 15.7. The predicted molar refractivity (Wildman–Crippen MR) is 194 cm³/mol. The fourth-order valence-electron chi connectivity index (χ4n) is 6.87. The second kappa shape index (κ2) is 10.8. The summed E-state index contributed by atoms with van der Waals surface area (Å²) in [6, 6.07) is 60.4. The van der Waals surface area contributed by atoms with E-state index in [0.29, 0.717) is 5.82 Å². The van der Waals surface area contributed by atoms with Gasteiger partial charge in [-0.3, -0.25) is 0 Å². The topological polar surface area (TPSA) is 25.8 Å². The van der Waals surface area contributed by atoms with Crippen LogP contribution in [-0.2, 0) is 0 Å². The second-order valence-corrected chi connectivity index (χ2v) is 11.8. The quantitative estimate of drug-likeness (QED) is 0.152. The molecule has 0 aliphatic rings. The molecule has 0 aliphatic carbocycles. The van der Waals surface area contributed by atoms with Crippen LogP contribution in [0.2, 0.25) is 0 Å². The molecule has 0 N–H and O–H groups in total. The largest absolute Gasteiger partial charge is 0.228 e. The Morgan fingerprint density at radius 2 is 0.913 bits per heavy atom. The van der Waals surface area contributed by atoms with Gasteiger partial charge in [0.2, 0.25) is 0 Å². The Morgan fingerprint density at radius 1 is 0.326 bits per heavy atom. The lowest BCUT2D eigenvalue weighted by Crippen LogP contribution is -1.97. The van der Waals surface area contributed by atoms with Gasteiger partial charge in [-0.15, -0.1) is 0 Å². The van der Waals surface area contributed by atoms with Gasteiger partial charge in [-0.1, -0.05) is 152 Å². The molecule has 0 bridgehead atoms. The van der Waals surface area contributed by atoms with Gasteiger partial charge in [-0.05, 0) is 72.4 Å². The minimum Gasteiger partial charge on any atom is -0.228 e. The molecular formula is C44H28N2. The number of benzene rings is 8. The van der Waals surface area contributed by atoms with Crippen LogP contribution in [0.5, 0.6) is 0 Å². The van der Waals surface area contributed by atoms with Crippen LogP contribution in [0.15, 0.2) is 170 Å². The number of fused-ring (bicyclic) bond motifs is 5. The summed E-state index contributed by atoms with van der Waals surface area (Å²) in [6.45, 7) is 0. The van der Waals surface area contributed by atoms with Gasteiger partial charge >= 0.3 is 0 Å². The van der Waals surface area contributed by atoms with Gasteiger partial charge in [0, 0.05) is 16.7 Å². The smallest absolute Gasteiger partial charge is 0.160 e. The number of aromatic nitrogens is 2. The third-order valence-electron chi connectivity index (χ3n) is 9.03. The van der Waals surface area contributed by atoms with E-state index in [1.54, 1.807) is 0 Å². The molecule has 8 aromatic carbocycles. The van der Waals surface area contributed by atoms with Crippen molar-refractivity contribution in [3.05, 3.63) is 170 Å². The van der Waals surface area contributed by atoms with Crippen molar-refractivity contribution in [3.63, 3.8) is 0 Å². The summed E-state index contributed by atoms with van der Waals surface area (Å²) in [5.41, 5.74) is 7.37. The molecule has 0 saturated heterocycles. The first-order valence-corrected chi connectivity index (χ1v) is 15.7. The number of hydrogen-bond donors (Lipinski definition) is 0. The molecular weight excluding hydrogens is 556 g/mol. The van der Waals surface area contributed by atoms with Crippen molar-refractivity contribution >= 4 is 43.1 Å². The summed E-state index contributed by atoms with van der Waals surface area (Å²) in [6.07, 6.45) is 0. The van der Waals surface area contributed by atoms with Crippen LogP contribution >= 0.6 is 0 Å². The molecule has 9 rings (SSSR count). The van der Waals surface area contributed by atoms with Crippen molar-refractivity contribution in [1.29, 1.82) is 0 Å². The maximum Gasteiger partial charge on any atom is 0.160 e. The van der Waals surface area contributed by atoms with E-state index in [1.807, 2.05) is 18.2 Å². The standard InChI is InChI=1S/C44H28N2/c1-2-14-31(15-3-1)44-45-40(34-19-10-18-32(26-34)37-23-11-17-29-12-4-7-20-36(29)37)28-41(46-44)43-39-22-9-6-16-33(39)27-35-25-24-30-13-5-8-21-38(30)42(35)43/h1-28H. The number of rotatable bonds is 4. The molecule has 0 fully saturated rings. The van der Waals surface area contributed by atoms with E-state index in [2.05, 4.69) is 152 Å². The van der Waals surface area contributed by atoms with Gasteiger partial charge < -0.3 is 0 Å². The van der Waals surface area contributed by atoms with Crippen LogP contribution in [0.25, 0.3) is 88.1 Å². The highest BCUT2D eigenvalue weighted by Crippen LogP contribution is 2.41. The van der Waals surface area contributed by atoms with Gasteiger partial charge in [0.1, 0.15) is 0 Å². The Balaban J connectivity index is 1.34. The van der Waals surface area contributed by atoms with Crippen molar-refractivity contribution in [3.8, 4) is 45.0 Å². The van der Waals surface area contributed by atoms with Crippen LogP contribution in [0.1, 0.15) is 0 Å². The SMILES string of the molecule is c1ccc(-c2nc(-c3cccc(-c4cccc5ccccc45)c3)cc(-c3c4ccccc4cc4ccc5ccccc5c34)n2)cc1. The first kappa shape index (κ1) is 26.3. The Labute approximate surface area is 267 Å². The zero-order valence-electron chi connectivity index (χ0n) is 25.1. The van der Waals surface area contributed by atoms with Crippen LogP contribution in [0, 0.1) is 0 Å². The average molecular weight is 585 g/mol. The molecule has 0 unspecified atom stereocenters. The van der Waals surface area contributed by atoms with Crippen molar-refractivity contribution in [2.24, 2.45) is 0 Å². The molecule has 214 valence electrons. The second-order valence-electron chi connectivity index (χ2n) is 11.8. The Bertz CT molecular complexity index is 2580. The minimum atomic E-state index is 0.713. The van der Waals surface area contributed by atoms with E-state index in [1.165, 1.54) is 48.7 Å². The normalized spacial score (nSPS) is 11.5. The molecule has 1 heterocycles. The molecule has 0 spiro atoms. The Kier molecular flexibility index (Phi) is 6.17. The van der Waals surface area contributed by atoms with E-state index in [0.717, 1.165) is 33.6 Å². The Morgan fingerprint density at radius 3 is 1.76 bits per heavy atom. The van der Waals surface area contributed by atoms with Gasteiger partial charge in [0.05, 0.1) is 11.4 Å². The molecule has 0 saturated carbocycles. The van der Waals surface area contributed by atoms with E-state index in [4.69, 9.17) is 9.97 Å². The Hall–Kier alpha value is -6.12. The fourth-order valence-corrected chi connectivity index (χ4v) is 6.87. The molecule has 0 amide bonds. The zero-order valence-corrected chi connectivity index (χ0v) is 25.1. The van der Waals surface area contributed by atoms with Gasteiger partial charge in [0.15, 0.2) is 5.82 Å². The van der Waals surface area contributed by atoms with E-state index >= 15 is 0 Å². The van der Waals surface area contributed by atoms with Gasteiger partial charge in [0.25, 0.3) is 0 Å². The zero-order chi connectivity index (χ0) is 30.5. The molecule has 9 aromatic rings. The molecule has 2 heteroatoms. The lowest BCUT2D eigenvalue weighted by molar-refractivity contribution is 1.19. The van der Waals surface area contributed by atoms with Crippen molar-refractivity contribution in [2.75, 3.05) is 0 Å². The van der Waals surface area contributed by atoms with Gasteiger partial charge in [-0.2, -0.15) is 0 Å². The molecule has 46 heavy (non-hydrogen) atoms. The van der Waals surface area contributed by atoms with Gasteiger partial charge in [-0.25, -0.2) is 9.97 Å². The average Bonchev–Trinajstić information content (AvgIpc) is 3.13. The van der Waals surface area contributed by atoms with Crippen LogP contribution in [0.3, 0.4) is 0 Å². The van der Waals surface area contributed by atoms with Crippen LogP contribution in [-0.4, -0.2) is 9.97 Å². The van der Waals surface area contributed by atoms with Crippen LogP contribution in [0.4, 0.5) is 0 Å². The summed E-state index contributed by atoms with van der Waals surface area (Å²) in [5, 5.41) is 9.70. The third-order valence-corrected chi connectivity index (χ3v) is 9.03. The molecule has 0 atom stereocenters. The maximum absolute atomic E-state index is 5.32. The lowest BCUT2D eigenvalue weighted by Gasteiger charge is -2.16. The van der Waals surface area contributed by atoms with E-state index in [9.17, 15) is 0 Å². The van der Waals surface area contributed by atoms with E-state index in [-0.39, 0.29) is 0 Å². The highest BCUT2D eigenvalue weighted by atomic mass is 14.9. The third kappa shape index (κ3) is 4.43. The summed E-state index contributed by atoms with van der Waals surface area (Å²) in [5.74, 6) is 0.713. The monoisotopic (exact) mass is 584 g/mol. The highest BCUT2D eigenvalue weighted by Gasteiger charge is 2.18. The molecule has 0 radical (unpaired) electrons. The highest BCUT2D eigenvalue weighted by molar-refractivity contribution is 6.21. The van der Waals surface area contributed by atoms with Crippen molar-refractivity contribution in [1.82, 2.24) is 9.97 Å². The molecule has 1 aromatic heterocycles.